The maximum absolute atomic E-state index is 12.0. The zero-order valence-corrected chi connectivity index (χ0v) is 11.0. The monoisotopic (exact) mass is 246 g/mol. The van der Waals surface area contributed by atoms with Crippen LogP contribution in [-0.4, -0.2) is 18.7 Å². The first-order valence-corrected chi connectivity index (χ1v) is 6.02. The van der Waals surface area contributed by atoms with E-state index in [0.29, 0.717) is 12.4 Å². The Labute approximate surface area is 107 Å². The number of carbonyl (C=O) groups is 1. The zero-order valence-electron chi connectivity index (χ0n) is 11.0. The fourth-order valence-electron chi connectivity index (χ4n) is 2.28. The molecule has 2 rings (SSSR count). The maximum Gasteiger partial charge on any atom is 0.341 e. The van der Waals surface area contributed by atoms with Gasteiger partial charge in [0.15, 0.2) is 6.10 Å². The average Bonchev–Trinajstić information content (AvgIpc) is 2.27. The van der Waals surface area contributed by atoms with Gasteiger partial charge in [-0.3, -0.25) is 0 Å². The maximum atomic E-state index is 12.0. The number of hydrogen-bond acceptors (Lipinski definition) is 3. The first-order valence-electron chi connectivity index (χ1n) is 6.02. The number of hydrogen-bond donors (Lipinski definition) is 0. The van der Waals surface area contributed by atoms with Crippen molar-refractivity contribution in [1.29, 1.82) is 0 Å². The Morgan fingerprint density at radius 3 is 2.89 bits per heavy atom. The largest absolute Gasteiger partial charge is 0.424 e. The predicted molar refractivity (Wildman–Crippen MR) is 69.8 cm³/mol. The fourth-order valence-corrected chi connectivity index (χ4v) is 2.28. The third kappa shape index (κ3) is 2.06. The molecule has 1 aliphatic rings. The number of carbonyl (C=O) groups excluding carboxylic acids is 1. The number of benzene rings is 1. The first kappa shape index (κ1) is 12.8. The van der Waals surface area contributed by atoms with E-state index in [1.807, 2.05) is 39.0 Å². The van der Waals surface area contributed by atoms with Crippen LogP contribution in [0.5, 0.6) is 5.75 Å². The number of fused-ring (bicyclic) bond motifs is 1. The molecule has 1 heterocycles. The van der Waals surface area contributed by atoms with E-state index < -0.39 is 11.5 Å². The zero-order chi connectivity index (χ0) is 13.3. The second kappa shape index (κ2) is 4.58. The molecule has 3 nitrogen and oxygen atoms in total. The molecule has 1 unspecified atom stereocenters. The molecule has 0 radical (unpaired) electrons. The average molecular weight is 246 g/mol. The lowest BCUT2D eigenvalue weighted by Crippen LogP contribution is -2.48. The lowest BCUT2D eigenvalue weighted by Gasteiger charge is -2.37. The van der Waals surface area contributed by atoms with Crippen molar-refractivity contribution in [1.82, 2.24) is 0 Å². The van der Waals surface area contributed by atoms with Crippen LogP contribution in [0.3, 0.4) is 0 Å². The molecule has 0 aliphatic carbocycles. The third-order valence-corrected chi connectivity index (χ3v) is 3.29. The summed E-state index contributed by atoms with van der Waals surface area (Å²) in [5, 5.41) is 0. The van der Waals surface area contributed by atoms with Gasteiger partial charge in [0.2, 0.25) is 0 Å². The van der Waals surface area contributed by atoms with Crippen molar-refractivity contribution in [2.75, 3.05) is 6.61 Å². The Bertz CT molecular complexity index is 489. The third-order valence-electron chi connectivity index (χ3n) is 3.29. The van der Waals surface area contributed by atoms with E-state index in [0.717, 1.165) is 11.1 Å². The molecule has 1 aromatic rings. The summed E-state index contributed by atoms with van der Waals surface area (Å²) in [4.78, 5) is 12.0. The number of rotatable bonds is 3. The van der Waals surface area contributed by atoms with E-state index in [2.05, 4.69) is 6.58 Å². The molecule has 0 saturated carbocycles. The summed E-state index contributed by atoms with van der Waals surface area (Å²) in [5.74, 6) is 0.309. The molecule has 18 heavy (non-hydrogen) atoms. The predicted octanol–water partition coefficient (Wildman–Crippen LogP) is 2.76. The van der Waals surface area contributed by atoms with Gasteiger partial charge in [0.05, 0.1) is 6.61 Å². The standard InChI is InChI=1S/C15H18O3/c1-5-8-17-13-14(16)18-12-9-10(2)6-7-11(12)15(13,3)4/h5-7,9,13H,1,8H2,2-4H3. The van der Waals surface area contributed by atoms with Crippen LogP contribution < -0.4 is 4.74 Å². The van der Waals surface area contributed by atoms with Crippen molar-refractivity contribution >= 4 is 5.97 Å². The number of aryl methyl sites for hydroxylation is 1. The highest BCUT2D eigenvalue weighted by Gasteiger charge is 2.44. The molecule has 1 aliphatic heterocycles. The molecular formula is C15H18O3. The Kier molecular flexibility index (Phi) is 3.26. The van der Waals surface area contributed by atoms with Crippen LogP contribution in [-0.2, 0) is 14.9 Å². The molecule has 3 heteroatoms. The van der Waals surface area contributed by atoms with Gasteiger partial charge in [-0.05, 0) is 18.6 Å². The van der Waals surface area contributed by atoms with Gasteiger partial charge in [-0.2, -0.15) is 0 Å². The molecule has 0 bridgehead atoms. The van der Waals surface area contributed by atoms with Crippen molar-refractivity contribution in [3.05, 3.63) is 42.0 Å². The molecule has 1 atom stereocenters. The van der Waals surface area contributed by atoms with E-state index in [9.17, 15) is 4.79 Å². The minimum absolute atomic E-state index is 0.333. The summed E-state index contributed by atoms with van der Waals surface area (Å²) in [6, 6.07) is 5.91. The Morgan fingerprint density at radius 2 is 2.22 bits per heavy atom. The van der Waals surface area contributed by atoms with E-state index in [1.165, 1.54) is 0 Å². The SMILES string of the molecule is C=CCOC1C(=O)Oc2cc(C)ccc2C1(C)C. The molecule has 96 valence electrons. The molecule has 0 aromatic heterocycles. The second-order valence-electron chi connectivity index (χ2n) is 5.14. The topological polar surface area (TPSA) is 35.5 Å². The quantitative estimate of drug-likeness (QED) is 0.467. The van der Waals surface area contributed by atoms with Crippen LogP contribution >= 0.6 is 0 Å². The van der Waals surface area contributed by atoms with Crippen molar-refractivity contribution in [3.8, 4) is 5.75 Å². The van der Waals surface area contributed by atoms with Gasteiger partial charge in [0, 0.05) is 11.0 Å². The van der Waals surface area contributed by atoms with E-state index in [4.69, 9.17) is 9.47 Å². The highest BCUT2D eigenvalue weighted by molar-refractivity contribution is 5.82. The summed E-state index contributed by atoms with van der Waals surface area (Å²) in [6.07, 6.45) is 1.04. The van der Waals surface area contributed by atoms with Gasteiger partial charge in [0.25, 0.3) is 0 Å². The fraction of sp³-hybridized carbons (Fsp3) is 0.400. The summed E-state index contributed by atoms with van der Waals surface area (Å²) in [7, 11) is 0. The van der Waals surface area contributed by atoms with Crippen LogP contribution in [0.15, 0.2) is 30.9 Å². The van der Waals surface area contributed by atoms with Gasteiger partial charge in [-0.1, -0.05) is 32.1 Å². The van der Waals surface area contributed by atoms with Gasteiger partial charge in [-0.25, -0.2) is 4.79 Å². The Balaban J connectivity index is 2.42. The Morgan fingerprint density at radius 1 is 1.50 bits per heavy atom. The van der Waals surface area contributed by atoms with E-state index >= 15 is 0 Å². The molecule has 0 fully saturated rings. The van der Waals surface area contributed by atoms with Gasteiger partial charge in [0.1, 0.15) is 5.75 Å². The van der Waals surface area contributed by atoms with Crippen LogP contribution in [0.4, 0.5) is 0 Å². The summed E-state index contributed by atoms with van der Waals surface area (Å²) < 4.78 is 10.9. The second-order valence-corrected chi connectivity index (χ2v) is 5.14. The van der Waals surface area contributed by atoms with E-state index in [1.54, 1.807) is 6.08 Å². The van der Waals surface area contributed by atoms with Crippen LogP contribution in [0, 0.1) is 6.92 Å². The molecule has 0 amide bonds. The lowest BCUT2D eigenvalue weighted by molar-refractivity contribution is -0.153. The molecular weight excluding hydrogens is 228 g/mol. The highest BCUT2D eigenvalue weighted by Crippen LogP contribution is 2.40. The molecule has 1 aromatic carbocycles. The van der Waals surface area contributed by atoms with Crippen molar-refractivity contribution in [2.45, 2.75) is 32.3 Å². The minimum atomic E-state index is -0.592. The highest BCUT2D eigenvalue weighted by atomic mass is 16.6. The van der Waals surface area contributed by atoms with Crippen molar-refractivity contribution < 1.29 is 14.3 Å². The molecule has 0 saturated heterocycles. The van der Waals surface area contributed by atoms with Crippen molar-refractivity contribution in [2.24, 2.45) is 0 Å². The number of esters is 1. The van der Waals surface area contributed by atoms with Gasteiger partial charge in [-0.15, -0.1) is 6.58 Å². The smallest absolute Gasteiger partial charge is 0.341 e. The van der Waals surface area contributed by atoms with Crippen LogP contribution in [0.25, 0.3) is 0 Å². The summed E-state index contributed by atoms with van der Waals surface area (Å²) in [6.45, 7) is 9.90. The molecule has 0 spiro atoms. The van der Waals surface area contributed by atoms with Crippen LogP contribution in [0.2, 0.25) is 0 Å². The van der Waals surface area contributed by atoms with Crippen molar-refractivity contribution in [3.63, 3.8) is 0 Å². The molecule has 0 N–H and O–H groups in total. The van der Waals surface area contributed by atoms with Crippen LogP contribution in [0.1, 0.15) is 25.0 Å². The lowest BCUT2D eigenvalue weighted by atomic mass is 9.77. The van der Waals surface area contributed by atoms with Gasteiger partial charge < -0.3 is 9.47 Å². The Hall–Kier alpha value is -1.61. The normalized spacial score (nSPS) is 21.1. The minimum Gasteiger partial charge on any atom is -0.424 e. The number of ether oxygens (including phenoxy) is 2. The first-order chi connectivity index (χ1) is 8.46. The summed E-state index contributed by atoms with van der Waals surface area (Å²) >= 11 is 0. The van der Waals surface area contributed by atoms with E-state index in [-0.39, 0.29) is 5.97 Å². The van der Waals surface area contributed by atoms with Gasteiger partial charge >= 0.3 is 5.97 Å². The summed E-state index contributed by atoms with van der Waals surface area (Å²) in [5.41, 5.74) is 1.67.